The van der Waals surface area contributed by atoms with Gasteiger partial charge in [-0.3, -0.25) is 4.79 Å². The number of carbonyl (C=O) groups excluding carboxylic acids is 1. The first-order valence-electron chi connectivity index (χ1n) is 5.97. The molecule has 1 aliphatic carbocycles. The van der Waals surface area contributed by atoms with Crippen LogP contribution >= 0.6 is 0 Å². The van der Waals surface area contributed by atoms with E-state index in [9.17, 15) is 9.90 Å². The van der Waals surface area contributed by atoms with Gasteiger partial charge in [0.05, 0.1) is 5.41 Å². The Labute approximate surface area is 101 Å². The molecule has 0 aliphatic heterocycles. The van der Waals surface area contributed by atoms with Gasteiger partial charge in [-0.15, -0.1) is 0 Å². The monoisotopic (exact) mass is 234 g/mol. The fourth-order valence-corrected chi connectivity index (χ4v) is 2.42. The maximum atomic E-state index is 12.2. The highest BCUT2D eigenvalue weighted by atomic mass is 16.3. The van der Waals surface area contributed by atoms with Crippen LogP contribution in [0, 0.1) is 5.41 Å². The van der Waals surface area contributed by atoms with Gasteiger partial charge >= 0.3 is 0 Å². The van der Waals surface area contributed by atoms with Gasteiger partial charge in [-0.2, -0.15) is 0 Å². The van der Waals surface area contributed by atoms with Gasteiger partial charge < -0.3 is 16.2 Å². The summed E-state index contributed by atoms with van der Waals surface area (Å²) in [5.74, 6) is 0.124. The Morgan fingerprint density at radius 3 is 2.71 bits per heavy atom. The van der Waals surface area contributed by atoms with Crippen LogP contribution in [0.25, 0.3) is 0 Å². The number of amides is 1. The predicted octanol–water partition coefficient (Wildman–Crippen LogP) is 1.85. The summed E-state index contributed by atoms with van der Waals surface area (Å²) >= 11 is 0. The molecule has 1 aromatic carbocycles. The van der Waals surface area contributed by atoms with E-state index in [0.717, 1.165) is 25.7 Å². The fourth-order valence-electron chi connectivity index (χ4n) is 2.42. The van der Waals surface area contributed by atoms with Crippen LogP contribution < -0.4 is 11.1 Å². The molecule has 92 valence electrons. The lowest BCUT2D eigenvalue weighted by molar-refractivity contribution is -0.124. The molecule has 0 unspecified atom stereocenters. The van der Waals surface area contributed by atoms with Crippen molar-refractivity contribution in [3.63, 3.8) is 0 Å². The summed E-state index contributed by atoms with van der Waals surface area (Å²) in [5.41, 5.74) is 5.95. The quantitative estimate of drug-likeness (QED) is 0.747. The molecule has 0 radical (unpaired) electrons. The third-order valence-electron chi connectivity index (χ3n) is 3.54. The smallest absolute Gasteiger partial charge is 0.231 e. The Hall–Kier alpha value is -1.55. The summed E-state index contributed by atoms with van der Waals surface area (Å²) in [6, 6.07) is 6.58. The Bertz CT molecular complexity index is 412. The van der Waals surface area contributed by atoms with Crippen LogP contribution in [0.2, 0.25) is 0 Å². The molecule has 4 nitrogen and oxygen atoms in total. The summed E-state index contributed by atoms with van der Waals surface area (Å²) in [5, 5.41) is 12.2. The number of phenols is 1. The molecular weight excluding hydrogens is 216 g/mol. The van der Waals surface area contributed by atoms with Crippen LogP contribution in [-0.2, 0) is 4.79 Å². The molecule has 0 saturated heterocycles. The largest absolute Gasteiger partial charge is 0.508 e. The van der Waals surface area contributed by atoms with Crippen LogP contribution in [0.3, 0.4) is 0 Å². The van der Waals surface area contributed by atoms with Crippen molar-refractivity contribution in [1.82, 2.24) is 0 Å². The molecule has 1 aliphatic rings. The summed E-state index contributed by atoms with van der Waals surface area (Å²) in [4.78, 5) is 12.2. The average molecular weight is 234 g/mol. The van der Waals surface area contributed by atoms with Crippen molar-refractivity contribution in [3.8, 4) is 5.75 Å². The van der Waals surface area contributed by atoms with E-state index >= 15 is 0 Å². The first kappa shape index (κ1) is 11.9. The van der Waals surface area contributed by atoms with Crippen molar-refractivity contribution in [2.45, 2.75) is 25.7 Å². The lowest BCUT2D eigenvalue weighted by Gasteiger charge is -2.25. The number of rotatable bonds is 3. The zero-order chi connectivity index (χ0) is 12.3. The number of nitrogens with two attached hydrogens (primary N) is 1. The number of aromatic hydroxyl groups is 1. The summed E-state index contributed by atoms with van der Waals surface area (Å²) < 4.78 is 0. The third kappa shape index (κ3) is 2.42. The SMILES string of the molecule is NCC1(C(=O)Nc2cccc(O)c2)CCCC1. The van der Waals surface area contributed by atoms with Gasteiger partial charge in [0.15, 0.2) is 0 Å². The number of hydrogen-bond donors (Lipinski definition) is 3. The number of nitrogens with one attached hydrogen (secondary N) is 1. The zero-order valence-electron chi connectivity index (χ0n) is 9.78. The number of hydrogen-bond acceptors (Lipinski definition) is 3. The van der Waals surface area contributed by atoms with E-state index < -0.39 is 5.41 Å². The number of benzene rings is 1. The minimum absolute atomic E-state index is 0.0249. The summed E-state index contributed by atoms with van der Waals surface area (Å²) in [7, 11) is 0. The van der Waals surface area contributed by atoms with Crippen molar-refractivity contribution >= 4 is 11.6 Å². The van der Waals surface area contributed by atoms with Crippen molar-refractivity contribution in [2.75, 3.05) is 11.9 Å². The molecule has 0 aromatic heterocycles. The van der Waals surface area contributed by atoms with E-state index in [2.05, 4.69) is 5.32 Å². The predicted molar refractivity (Wildman–Crippen MR) is 66.7 cm³/mol. The Morgan fingerprint density at radius 1 is 1.41 bits per heavy atom. The summed E-state index contributed by atoms with van der Waals surface area (Å²) in [6.45, 7) is 0.387. The van der Waals surface area contributed by atoms with Gasteiger partial charge in [-0.1, -0.05) is 18.9 Å². The molecule has 1 aromatic rings. The highest BCUT2D eigenvalue weighted by molar-refractivity contribution is 5.95. The lowest BCUT2D eigenvalue weighted by Crippen LogP contribution is -2.40. The van der Waals surface area contributed by atoms with E-state index in [1.54, 1.807) is 18.2 Å². The highest BCUT2D eigenvalue weighted by Crippen LogP contribution is 2.38. The minimum Gasteiger partial charge on any atom is -0.508 e. The van der Waals surface area contributed by atoms with Crippen molar-refractivity contribution in [1.29, 1.82) is 0 Å². The third-order valence-corrected chi connectivity index (χ3v) is 3.54. The zero-order valence-corrected chi connectivity index (χ0v) is 9.78. The van der Waals surface area contributed by atoms with Crippen LogP contribution in [-0.4, -0.2) is 17.6 Å². The van der Waals surface area contributed by atoms with Crippen molar-refractivity contribution in [2.24, 2.45) is 11.1 Å². The molecule has 0 atom stereocenters. The lowest BCUT2D eigenvalue weighted by atomic mass is 9.85. The van der Waals surface area contributed by atoms with Gasteiger partial charge in [-0.05, 0) is 25.0 Å². The normalized spacial score (nSPS) is 17.9. The molecule has 1 saturated carbocycles. The molecule has 2 rings (SSSR count). The molecule has 4 heteroatoms. The number of phenolic OH excluding ortho intramolecular Hbond substituents is 1. The topological polar surface area (TPSA) is 75.4 Å². The molecule has 1 fully saturated rings. The second-order valence-electron chi connectivity index (χ2n) is 4.70. The minimum atomic E-state index is -0.411. The molecule has 1 amide bonds. The highest BCUT2D eigenvalue weighted by Gasteiger charge is 2.39. The van der Waals surface area contributed by atoms with Crippen molar-refractivity contribution < 1.29 is 9.90 Å². The fraction of sp³-hybridized carbons (Fsp3) is 0.462. The van der Waals surface area contributed by atoms with E-state index in [1.165, 1.54) is 6.07 Å². The standard InChI is InChI=1S/C13H18N2O2/c14-9-13(6-1-2-7-13)12(17)15-10-4-3-5-11(16)8-10/h3-5,8,16H,1-2,6-7,9,14H2,(H,15,17). The molecule has 17 heavy (non-hydrogen) atoms. The molecule has 4 N–H and O–H groups in total. The van der Waals surface area contributed by atoms with Gasteiger partial charge in [0, 0.05) is 18.3 Å². The van der Waals surface area contributed by atoms with Crippen LogP contribution in [0.15, 0.2) is 24.3 Å². The first-order valence-corrected chi connectivity index (χ1v) is 5.97. The Kier molecular flexibility index (Phi) is 3.33. The second kappa shape index (κ2) is 4.75. The molecule has 0 heterocycles. The summed E-state index contributed by atoms with van der Waals surface area (Å²) in [6.07, 6.45) is 3.83. The maximum absolute atomic E-state index is 12.2. The van der Waals surface area contributed by atoms with Crippen LogP contribution in [0.4, 0.5) is 5.69 Å². The first-order chi connectivity index (χ1) is 8.16. The number of carbonyl (C=O) groups is 1. The Balaban J connectivity index is 2.10. The van der Waals surface area contributed by atoms with Gasteiger partial charge in [0.25, 0.3) is 0 Å². The van der Waals surface area contributed by atoms with E-state index in [0.29, 0.717) is 12.2 Å². The molecule has 0 bridgehead atoms. The van der Waals surface area contributed by atoms with Gasteiger partial charge in [-0.25, -0.2) is 0 Å². The van der Waals surface area contributed by atoms with Gasteiger partial charge in [0.2, 0.25) is 5.91 Å². The molecule has 0 spiro atoms. The van der Waals surface area contributed by atoms with Crippen LogP contribution in [0.5, 0.6) is 5.75 Å². The molecular formula is C13H18N2O2. The van der Waals surface area contributed by atoms with Crippen molar-refractivity contribution in [3.05, 3.63) is 24.3 Å². The average Bonchev–Trinajstić information content (AvgIpc) is 2.78. The van der Waals surface area contributed by atoms with E-state index in [1.807, 2.05) is 0 Å². The number of anilines is 1. The van der Waals surface area contributed by atoms with Crippen LogP contribution in [0.1, 0.15) is 25.7 Å². The second-order valence-corrected chi connectivity index (χ2v) is 4.70. The van der Waals surface area contributed by atoms with Gasteiger partial charge in [0.1, 0.15) is 5.75 Å². The van der Waals surface area contributed by atoms with E-state index in [4.69, 9.17) is 5.73 Å². The maximum Gasteiger partial charge on any atom is 0.231 e. The van der Waals surface area contributed by atoms with E-state index in [-0.39, 0.29) is 11.7 Å². The Morgan fingerprint density at radius 2 is 2.12 bits per heavy atom.